The molecular formula is C53H67N7O7. The molecule has 0 heterocycles. The van der Waals surface area contributed by atoms with Crippen LogP contribution in [0, 0.1) is 5.92 Å². The minimum atomic E-state index is -1.27. The lowest BCUT2D eigenvalue weighted by atomic mass is 9.81. The fraction of sp³-hybridized carbons (Fsp3) is 0.415. The van der Waals surface area contributed by atoms with Crippen LogP contribution >= 0.6 is 0 Å². The average Bonchev–Trinajstić information content (AvgIpc) is 3.33. The lowest BCUT2D eigenvalue weighted by Crippen LogP contribution is -2.61. The quantitative estimate of drug-likeness (QED) is 0.0158. The molecule has 2 atom stereocenters. The van der Waals surface area contributed by atoms with E-state index in [1.807, 2.05) is 91.0 Å². The third-order valence-corrected chi connectivity index (χ3v) is 12.2. The summed E-state index contributed by atoms with van der Waals surface area (Å²) in [6.45, 7) is 5.10. The number of hydrogen-bond donors (Lipinski definition) is 6. The molecule has 14 heteroatoms. The molecule has 1 aliphatic rings. The predicted octanol–water partition coefficient (Wildman–Crippen LogP) is 7.18. The molecule has 5 aromatic rings. The summed E-state index contributed by atoms with van der Waals surface area (Å²) in [7, 11) is 0. The highest BCUT2D eigenvalue weighted by Crippen LogP contribution is 2.45. The third kappa shape index (κ3) is 13.9. The summed E-state index contributed by atoms with van der Waals surface area (Å²) in [6.07, 6.45) is 5.89. The monoisotopic (exact) mass is 914 g/mol. The number of aliphatic imine (C=N–C) groups is 1. The Balaban J connectivity index is 1.22. The van der Waals surface area contributed by atoms with Crippen molar-refractivity contribution in [3.63, 3.8) is 0 Å². The number of rotatable bonds is 24. The van der Waals surface area contributed by atoms with E-state index in [0.717, 1.165) is 63.9 Å². The number of nitrogens with zero attached hydrogens (tertiary/aromatic N) is 1. The Kier molecular flexibility index (Phi) is 18.4. The highest BCUT2D eigenvalue weighted by Gasteiger charge is 2.44. The number of fused-ring (bicyclic) bond motifs is 2. The fourth-order valence-electron chi connectivity index (χ4n) is 8.57. The fourth-order valence-corrected chi connectivity index (χ4v) is 8.57. The SMILES string of the molecule is CC(C)CCOc1ccc2ccccc2c1-c1c(OCC(=O)N[C@H](CCCCN)C(=O)N[C@H](CCCN=C(N)N)C(=O)NC2(C(=O)OCc3ccccc3)CCCCC2)ccc2ccccc12. The van der Waals surface area contributed by atoms with Crippen LogP contribution in [0.2, 0.25) is 0 Å². The first-order valence-electron chi connectivity index (χ1n) is 23.7. The number of amides is 3. The van der Waals surface area contributed by atoms with Crippen LogP contribution in [0.3, 0.4) is 0 Å². The molecule has 0 aromatic heterocycles. The van der Waals surface area contributed by atoms with Gasteiger partial charge in [0, 0.05) is 17.7 Å². The molecule has 0 unspecified atom stereocenters. The van der Waals surface area contributed by atoms with E-state index in [1.54, 1.807) is 0 Å². The van der Waals surface area contributed by atoms with E-state index in [4.69, 9.17) is 31.4 Å². The summed E-state index contributed by atoms with van der Waals surface area (Å²) in [5.74, 6) is -0.633. The molecule has 3 amide bonds. The van der Waals surface area contributed by atoms with E-state index >= 15 is 0 Å². The number of benzene rings is 5. The molecule has 67 heavy (non-hydrogen) atoms. The normalized spacial score (nSPS) is 14.1. The minimum absolute atomic E-state index is 0.0586. The van der Waals surface area contributed by atoms with Crippen molar-refractivity contribution in [2.75, 3.05) is 26.3 Å². The van der Waals surface area contributed by atoms with Gasteiger partial charge in [0.25, 0.3) is 5.91 Å². The number of nitrogens with one attached hydrogen (secondary N) is 3. The van der Waals surface area contributed by atoms with Crippen molar-refractivity contribution in [2.45, 2.75) is 109 Å². The van der Waals surface area contributed by atoms with Gasteiger partial charge in [-0.15, -0.1) is 0 Å². The molecule has 0 spiro atoms. The van der Waals surface area contributed by atoms with Crippen molar-refractivity contribution in [2.24, 2.45) is 28.1 Å². The highest BCUT2D eigenvalue weighted by molar-refractivity contribution is 6.10. The Hall–Kier alpha value is -6.67. The van der Waals surface area contributed by atoms with Crippen molar-refractivity contribution < 1.29 is 33.4 Å². The standard InChI is InChI=1S/C53H67N7O7/c1-36(2)28-33-65-44-26-24-38-18-7-9-20-40(38)47(44)48-41-21-10-8-19-39(41)25-27-45(48)66-35-46(61)58-42(22-11-14-31-54)49(62)59-43(23-15-32-57-52(55)56)50(63)60-53(29-12-4-13-30-53)51(64)67-34-37-16-5-3-6-17-37/h3,5-10,16-21,24-27,36,42-43H,4,11-15,22-23,28-35,54H2,1-2H3,(H,58,61)(H,59,62)(H,60,63)(H4,55,56,57)/t42-,43-/m1/s1. The van der Waals surface area contributed by atoms with Crippen LogP contribution in [0.1, 0.15) is 90.0 Å². The van der Waals surface area contributed by atoms with Gasteiger partial charge >= 0.3 is 5.97 Å². The van der Waals surface area contributed by atoms with Gasteiger partial charge in [-0.1, -0.05) is 124 Å². The number of unbranched alkanes of at least 4 members (excludes halogenated alkanes) is 1. The van der Waals surface area contributed by atoms with Gasteiger partial charge in [-0.3, -0.25) is 19.4 Å². The van der Waals surface area contributed by atoms with E-state index in [0.29, 0.717) is 62.7 Å². The molecule has 1 aliphatic carbocycles. The largest absolute Gasteiger partial charge is 0.493 e. The molecule has 9 N–H and O–H groups in total. The first-order valence-corrected chi connectivity index (χ1v) is 23.7. The van der Waals surface area contributed by atoms with Gasteiger partial charge in [-0.25, -0.2) is 4.79 Å². The van der Waals surface area contributed by atoms with E-state index in [2.05, 4.69) is 46.9 Å². The van der Waals surface area contributed by atoms with Crippen LogP contribution in [-0.4, -0.2) is 73.6 Å². The summed E-state index contributed by atoms with van der Waals surface area (Å²) in [5, 5.41) is 12.7. The number of nitrogens with two attached hydrogens (primary N) is 3. The Morgan fingerprint density at radius 3 is 1.90 bits per heavy atom. The van der Waals surface area contributed by atoms with Crippen LogP contribution in [0.4, 0.5) is 0 Å². The third-order valence-electron chi connectivity index (χ3n) is 12.2. The van der Waals surface area contributed by atoms with Crippen LogP contribution in [0.5, 0.6) is 11.5 Å². The van der Waals surface area contributed by atoms with Crippen LogP contribution in [-0.2, 0) is 30.5 Å². The molecule has 0 aliphatic heterocycles. The highest BCUT2D eigenvalue weighted by atomic mass is 16.5. The van der Waals surface area contributed by atoms with Gasteiger partial charge in [0.15, 0.2) is 12.6 Å². The van der Waals surface area contributed by atoms with Crippen molar-refractivity contribution in [1.82, 2.24) is 16.0 Å². The van der Waals surface area contributed by atoms with Crippen LogP contribution in [0.25, 0.3) is 32.7 Å². The topological polar surface area (TPSA) is 222 Å². The number of carbonyl (C=O) groups is 4. The Morgan fingerprint density at radius 1 is 0.672 bits per heavy atom. The van der Waals surface area contributed by atoms with Gasteiger partial charge < -0.3 is 47.4 Å². The predicted molar refractivity (Wildman–Crippen MR) is 264 cm³/mol. The number of ether oxygens (including phenoxy) is 3. The van der Waals surface area contributed by atoms with E-state index in [-0.39, 0.29) is 32.0 Å². The number of esters is 1. The van der Waals surface area contributed by atoms with Gasteiger partial charge in [-0.2, -0.15) is 0 Å². The first kappa shape index (κ1) is 49.8. The number of guanidine groups is 1. The van der Waals surface area contributed by atoms with E-state index < -0.39 is 47.9 Å². The molecule has 6 rings (SSSR count). The zero-order valence-electron chi connectivity index (χ0n) is 38.9. The maximum atomic E-state index is 14.3. The average molecular weight is 914 g/mol. The summed E-state index contributed by atoms with van der Waals surface area (Å²) in [4.78, 5) is 60.4. The zero-order valence-corrected chi connectivity index (χ0v) is 38.9. The van der Waals surface area contributed by atoms with Crippen LogP contribution < -0.4 is 42.6 Å². The summed E-state index contributed by atoms with van der Waals surface area (Å²) in [6, 6.07) is 31.2. The molecule has 0 saturated heterocycles. The Labute approximate surface area is 393 Å². The van der Waals surface area contributed by atoms with Crippen molar-refractivity contribution in [1.29, 1.82) is 0 Å². The first-order chi connectivity index (χ1) is 32.5. The van der Waals surface area contributed by atoms with Crippen molar-refractivity contribution in [3.8, 4) is 22.6 Å². The van der Waals surface area contributed by atoms with Gasteiger partial charge in [0.1, 0.15) is 35.7 Å². The van der Waals surface area contributed by atoms with Crippen molar-refractivity contribution >= 4 is 51.2 Å². The van der Waals surface area contributed by atoms with Gasteiger partial charge in [0.05, 0.1) is 6.61 Å². The summed E-state index contributed by atoms with van der Waals surface area (Å²) >= 11 is 0. The molecule has 5 aromatic carbocycles. The molecule has 0 radical (unpaired) electrons. The van der Waals surface area contributed by atoms with E-state index in [9.17, 15) is 19.2 Å². The molecule has 1 saturated carbocycles. The molecule has 14 nitrogen and oxygen atoms in total. The maximum Gasteiger partial charge on any atom is 0.332 e. The summed E-state index contributed by atoms with van der Waals surface area (Å²) in [5.41, 5.74) is 18.2. The molecular weight excluding hydrogens is 847 g/mol. The number of carbonyl (C=O) groups excluding carboxylic acids is 4. The second kappa shape index (κ2) is 24.7. The lowest BCUT2D eigenvalue weighted by Gasteiger charge is -2.37. The second-order valence-corrected chi connectivity index (χ2v) is 17.7. The Morgan fingerprint density at radius 2 is 1.27 bits per heavy atom. The van der Waals surface area contributed by atoms with Gasteiger partial charge in [0.2, 0.25) is 11.8 Å². The Bertz CT molecular complexity index is 2470. The summed E-state index contributed by atoms with van der Waals surface area (Å²) < 4.78 is 18.7. The van der Waals surface area contributed by atoms with Crippen LogP contribution in [0.15, 0.2) is 108 Å². The van der Waals surface area contributed by atoms with E-state index in [1.165, 1.54) is 0 Å². The zero-order chi connectivity index (χ0) is 47.6. The maximum absolute atomic E-state index is 14.3. The number of hydrogen-bond acceptors (Lipinski definition) is 9. The second-order valence-electron chi connectivity index (χ2n) is 17.7. The van der Waals surface area contributed by atoms with Gasteiger partial charge in [-0.05, 0) is 103 Å². The molecule has 356 valence electrons. The molecule has 0 bridgehead atoms. The lowest BCUT2D eigenvalue weighted by molar-refractivity contribution is -0.157. The minimum Gasteiger partial charge on any atom is -0.493 e. The molecule has 1 fully saturated rings. The van der Waals surface area contributed by atoms with Crippen molar-refractivity contribution in [3.05, 3.63) is 109 Å². The smallest absolute Gasteiger partial charge is 0.332 e.